The van der Waals surface area contributed by atoms with Gasteiger partial charge in [0.1, 0.15) is 11.3 Å². The van der Waals surface area contributed by atoms with Gasteiger partial charge in [-0.05, 0) is 50.3 Å². The number of hydrogen-bond acceptors (Lipinski definition) is 2. The van der Waals surface area contributed by atoms with Gasteiger partial charge in [-0.25, -0.2) is 0 Å². The van der Waals surface area contributed by atoms with Gasteiger partial charge in [-0.3, -0.25) is 0 Å². The van der Waals surface area contributed by atoms with Crippen molar-refractivity contribution < 1.29 is 4.42 Å². The van der Waals surface area contributed by atoms with Gasteiger partial charge in [-0.15, -0.1) is 0 Å². The maximum atomic E-state index is 6.14. The second-order valence-electron chi connectivity index (χ2n) is 6.09. The first-order chi connectivity index (χ1) is 9.19. The highest BCUT2D eigenvalue weighted by molar-refractivity contribution is 5.81. The van der Waals surface area contributed by atoms with Crippen molar-refractivity contribution in [1.82, 2.24) is 5.32 Å². The molecule has 1 fully saturated rings. The molecule has 3 atom stereocenters. The third-order valence-electron chi connectivity index (χ3n) is 4.58. The minimum Gasteiger partial charge on any atom is -0.459 e. The van der Waals surface area contributed by atoms with E-state index in [0.717, 1.165) is 17.3 Å². The third kappa shape index (κ3) is 2.30. The molecule has 1 aliphatic carbocycles. The van der Waals surface area contributed by atoms with Gasteiger partial charge in [0.2, 0.25) is 0 Å². The first kappa shape index (κ1) is 12.7. The minimum absolute atomic E-state index is 0.358. The fraction of sp³-hybridized carbons (Fsp3) is 0.529. The largest absolute Gasteiger partial charge is 0.459 e. The van der Waals surface area contributed by atoms with Crippen molar-refractivity contribution >= 4 is 11.0 Å². The summed E-state index contributed by atoms with van der Waals surface area (Å²) in [4.78, 5) is 0. The van der Waals surface area contributed by atoms with Crippen LogP contribution in [0.25, 0.3) is 11.0 Å². The lowest BCUT2D eigenvalue weighted by atomic mass is 9.95. The summed E-state index contributed by atoms with van der Waals surface area (Å²) in [5.74, 6) is 2.67. The molecule has 102 valence electrons. The van der Waals surface area contributed by atoms with E-state index in [2.05, 4.69) is 43.4 Å². The lowest BCUT2D eigenvalue weighted by Gasteiger charge is -2.20. The van der Waals surface area contributed by atoms with Gasteiger partial charge in [-0.2, -0.15) is 0 Å². The Kier molecular flexibility index (Phi) is 3.36. The summed E-state index contributed by atoms with van der Waals surface area (Å²) in [5.41, 5.74) is 2.27. The zero-order chi connectivity index (χ0) is 13.4. The molecule has 2 nitrogen and oxygen atoms in total. The molecular weight excluding hydrogens is 234 g/mol. The maximum Gasteiger partial charge on any atom is 0.137 e. The van der Waals surface area contributed by atoms with Crippen LogP contribution in [-0.2, 0) is 0 Å². The number of para-hydroxylation sites is 1. The van der Waals surface area contributed by atoms with E-state index in [4.69, 9.17) is 4.42 Å². The molecule has 2 heteroatoms. The van der Waals surface area contributed by atoms with Gasteiger partial charge in [0.25, 0.3) is 0 Å². The quantitative estimate of drug-likeness (QED) is 0.879. The van der Waals surface area contributed by atoms with Crippen molar-refractivity contribution in [2.75, 3.05) is 7.05 Å². The number of nitrogens with one attached hydrogen (secondary N) is 1. The van der Waals surface area contributed by atoms with E-state index in [1.165, 1.54) is 30.2 Å². The van der Waals surface area contributed by atoms with Crippen molar-refractivity contribution in [3.05, 3.63) is 35.6 Å². The average molecular weight is 257 g/mol. The van der Waals surface area contributed by atoms with Crippen LogP contribution in [0.2, 0.25) is 0 Å². The number of rotatable bonds is 3. The van der Waals surface area contributed by atoms with Crippen LogP contribution in [0.3, 0.4) is 0 Å². The molecule has 0 spiro atoms. The molecule has 3 unspecified atom stereocenters. The summed E-state index contributed by atoms with van der Waals surface area (Å²) >= 11 is 0. The summed E-state index contributed by atoms with van der Waals surface area (Å²) in [6.45, 7) is 4.47. The molecule has 0 amide bonds. The minimum atomic E-state index is 0.358. The molecule has 1 saturated carbocycles. The molecular formula is C17H23NO. The van der Waals surface area contributed by atoms with Crippen LogP contribution in [0.4, 0.5) is 0 Å². The highest BCUT2D eigenvalue weighted by Crippen LogP contribution is 2.40. The smallest absolute Gasteiger partial charge is 0.137 e. The van der Waals surface area contributed by atoms with E-state index in [-0.39, 0.29) is 0 Å². The van der Waals surface area contributed by atoms with E-state index >= 15 is 0 Å². The zero-order valence-corrected chi connectivity index (χ0v) is 12.1. The molecule has 2 aromatic rings. The Balaban J connectivity index is 1.95. The van der Waals surface area contributed by atoms with Gasteiger partial charge in [-0.1, -0.05) is 31.5 Å². The van der Waals surface area contributed by atoms with Gasteiger partial charge >= 0.3 is 0 Å². The van der Waals surface area contributed by atoms with Crippen molar-refractivity contribution in [2.24, 2.45) is 11.8 Å². The van der Waals surface area contributed by atoms with E-state index in [9.17, 15) is 0 Å². The topological polar surface area (TPSA) is 25.2 Å². The number of fused-ring (bicyclic) bond motifs is 1. The summed E-state index contributed by atoms with van der Waals surface area (Å²) in [5, 5.41) is 4.69. The van der Waals surface area contributed by atoms with Crippen LogP contribution in [0.5, 0.6) is 0 Å². The van der Waals surface area contributed by atoms with Gasteiger partial charge in [0, 0.05) is 5.39 Å². The molecule has 1 heterocycles. The Labute approximate surface area is 115 Å². The second-order valence-corrected chi connectivity index (χ2v) is 6.09. The Morgan fingerprint density at radius 2 is 2.16 bits per heavy atom. The summed E-state index contributed by atoms with van der Waals surface area (Å²) in [7, 11) is 2.05. The molecule has 3 rings (SSSR count). The van der Waals surface area contributed by atoms with E-state index in [1.807, 2.05) is 7.05 Å². The number of furan rings is 1. The predicted octanol–water partition coefficient (Wildman–Crippen LogP) is 4.44. The molecule has 0 saturated heterocycles. The molecule has 0 aliphatic heterocycles. The van der Waals surface area contributed by atoms with E-state index in [0.29, 0.717) is 12.0 Å². The highest BCUT2D eigenvalue weighted by atomic mass is 16.3. The lowest BCUT2D eigenvalue weighted by Crippen LogP contribution is -2.23. The van der Waals surface area contributed by atoms with Gasteiger partial charge in [0.05, 0.1) is 6.04 Å². The Bertz CT molecular complexity index is 572. The Morgan fingerprint density at radius 1 is 1.32 bits per heavy atom. The molecule has 1 aliphatic rings. The molecule has 1 N–H and O–H groups in total. The van der Waals surface area contributed by atoms with E-state index in [1.54, 1.807) is 0 Å². The van der Waals surface area contributed by atoms with Crippen molar-refractivity contribution in [1.29, 1.82) is 0 Å². The summed E-state index contributed by atoms with van der Waals surface area (Å²) < 4.78 is 6.14. The first-order valence-corrected chi connectivity index (χ1v) is 7.35. The summed E-state index contributed by atoms with van der Waals surface area (Å²) in [6.07, 6.45) is 3.96. The second kappa shape index (κ2) is 5.01. The third-order valence-corrected chi connectivity index (χ3v) is 4.58. The maximum absolute atomic E-state index is 6.14. The fourth-order valence-electron chi connectivity index (χ4n) is 3.55. The van der Waals surface area contributed by atoms with Crippen LogP contribution in [-0.4, -0.2) is 7.05 Å². The lowest BCUT2D eigenvalue weighted by molar-refractivity contribution is 0.329. The Morgan fingerprint density at radius 3 is 2.79 bits per heavy atom. The number of aryl methyl sites for hydroxylation is 1. The van der Waals surface area contributed by atoms with E-state index < -0.39 is 0 Å². The first-order valence-electron chi connectivity index (χ1n) is 7.35. The molecule has 0 bridgehead atoms. The standard InChI is InChI=1S/C17H23NO/c1-11-7-8-13(9-11)16(18-3)15-10-14-6-4-5-12(2)17(14)19-15/h4-6,10-11,13,16,18H,7-9H2,1-3H3. The monoisotopic (exact) mass is 257 g/mol. The molecule has 19 heavy (non-hydrogen) atoms. The van der Waals surface area contributed by atoms with Crippen LogP contribution in [0.1, 0.15) is 43.6 Å². The number of hydrogen-bond donors (Lipinski definition) is 1. The normalized spacial score (nSPS) is 25.0. The SMILES string of the molecule is CNC(c1cc2cccc(C)c2o1)C1CCC(C)C1. The number of benzene rings is 1. The molecule has 1 aromatic heterocycles. The zero-order valence-electron chi connectivity index (χ0n) is 12.1. The van der Waals surface area contributed by atoms with Gasteiger partial charge < -0.3 is 9.73 Å². The average Bonchev–Trinajstić information content (AvgIpc) is 2.98. The van der Waals surface area contributed by atoms with Crippen molar-refractivity contribution in [2.45, 2.75) is 39.2 Å². The van der Waals surface area contributed by atoms with Crippen LogP contribution in [0, 0.1) is 18.8 Å². The van der Waals surface area contributed by atoms with Crippen LogP contribution >= 0.6 is 0 Å². The molecule has 1 aromatic carbocycles. The molecule has 0 radical (unpaired) electrons. The Hall–Kier alpha value is -1.28. The highest BCUT2D eigenvalue weighted by Gasteiger charge is 2.30. The van der Waals surface area contributed by atoms with Crippen molar-refractivity contribution in [3.63, 3.8) is 0 Å². The van der Waals surface area contributed by atoms with Gasteiger partial charge in [0.15, 0.2) is 0 Å². The predicted molar refractivity (Wildman–Crippen MR) is 79.3 cm³/mol. The van der Waals surface area contributed by atoms with Crippen molar-refractivity contribution in [3.8, 4) is 0 Å². The van der Waals surface area contributed by atoms with Crippen LogP contribution in [0.15, 0.2) is 28.7 Å². The fourth-order valence-corrected chi connectivity index (χ4v) is 3.55. The van der Waals surface area contributed by atoms with Crippen LogP contribution < -0.4 is 5.32 Å². The summed E-state index contributed by atoms with van der Waals surface area (Å²) in [6, 6.07) is 8.92.